The zero-order valence-corrected chi connectivity index (χ0v) is 13.9. The Morgan fingerprint density at radius 2 is 1.86 bits per heavy atom. The van der Waals surface area contributed by atoms with Crippen LogP contribution in [0.2, 0.25) is 0 Å². The molecule has 2 saturated heterocycles. The van der Waals surface area contributed by atoms with E-state index in [0.717, 1.165) is 25.7 Å². The number of fused-ring (bicyclic) bond motifs is 2. The van der Waals surface area contributed by atoms with E-state index >= 15 is 0 Å². The van der Waals surface area contributed by atoms with Crippen molar-refractivity contribution in [3.05, 3.63) is 0 Å². The molecule has 5 nitrogen and oxygen atoms in total. The van der Waals surface area contributed by atoms with E-state index in [1.165, 1.54) is 0 Å². The zero-order valence-electron chi connectivity index (χ0n) is 13.1. The fourth-order valence-corrected chi connectivity index (χ4v) is 3.70. The van der Waals surface area contributed by atoms with Crippen molar-refractivity contribution in [2.24, 2.45) is 5.92 Å². The number of carbonyl (C=O) groups excluding carboxylic acids is 1. The number of hydrogen-bond acceptors (Lipinski definition) is 3. The van der Waals surface area contributed by atoms with Crippen molar-refractivity contribution in [1.29, 1.82) is 0 Å². The number of piperidine rings is 1. The number of nitrogens with one attached hydrogen (secondary N) is 1. The van der Waals surface area contributed by atoms with Gasteiger partial charge in [-0.3, -0.25) is 4.79 Å². The van der Waals surface area contributed by atoms with E-state index in [1.54, 1.807) is 11.8 Å². The second kappa shape index (κ2) is 6.46. The summed E-state index contributed by atoms with van der Waals surface area (Å²) >= 11 is 1.74. The fourth-order valence-electron chi connectivity index (χ4n) is 3.49. The average Bonchev–Trinajstić information content (AvgIpc) is 2.67. The van der Waals surface area contributed by atoms with Crippen molar-refractivity contribution in [1.82, 2.24) is 10.2 Å². The van der Waals surface area contributed by atoms with Gasteiger partial charge in [-0.1, -0.05) is 0 Å². The first-order valence-corrected chi connectivity index (χ1v) is 8.88. The molecule has 120 valence electrons. The number of aliphatic carboxylic acids is 1. The number of thioether (sulfide) groups is 1. The van der Waals surface area contributed by atoms with Crippen molar-refractivity contribution >= 4 is 23.8 Å². The fraction of sp³-hybridized carbons (Fsp3) is 0.867. The van der Waals surface area contributed by atoms with Crippen molar-refractivity contribution in [2.75, 3.05) is 12.8 Å². The predicted molar refractivity (Wildman–Crippen MR) is 84.6 cm³/mol. The highest BCUT2D eigenvalue weighted by Crippen LogP contribution is 2.39. The molecule has 2 bridgehead atoms. The van der Waals surface area contributed by atoms with Crippen molar-refractivity contribution in [3.8, 4) is 0 Å². The second-order valence-electron chi connectivity index (χ2n) is 6.85. The quantitative estimate of drug-likeness (QED) is 0.818. The lowest BCUT2D eigenvalue weighted by Gasteiger charge is -2.39. The maximum atomic E-state index is 12.4. The summed E-state index contributed by atoms with van der Waals surface area (Å²) in [7, 11) is 0. The molecule has 2 heterocycles. The van der Waals surface area contributed by atoms with Crippen molar-refractivity contribution < 1.29 is 14.7 Å². The van der Waals surface area contributed by atoms with Crippen LogP contribution in [0, 0.1) is 5.92 Å². The number of urea groups is 1. The van der Waals surface area contributed by atoms with Gasteiger partial charge in [0.1, 0.15) is 0 Å². The normalized spacial score (nSPS) is 28.5. The van der Waals surface area contributed by atoms with E-state index in [-0.39, 0.29) is 35.2 Å². The second-order valence-corrected chi connectivity index (χ2v) is 8.36. The van der Waals surface area contributed by atoms with Gasteiger partial charge in [-0.25, -0.2) is 4.79 Å². The Balaban J connectivity index is 1.91. The van der Waals surface area contributed by atoms with E-state index in [2.05, 4.69) is 19.2 Å². The Kier molecular flexibility index (Phi) is 5.07. The van der Waals surface area contributed by atoms with Crippen LogP contribution in [0.25, 0.3) is 0 Å². The Morgan fingerprint density at radius 1 is 1.29 bits per heavy atom. The first-order chi connectivity index (χ1) is 9.82. The summed E-state index contributed by atoms with van der Waals surface area (Å²) < 4.78 is 0.0380. The van der Waals surface area contributed by atoms with Crippen LogP contribution in [0.5, 0.6) is 0 Å². The number of rotatable bonds is 5. The van der Waals surface area contributed by atoms with E-state index in [1.807, 2.05) is 11.2 Å². The van der Waals surface area contributed by atoms with Crippen LogP contribution in [0.15, 0.2) is 0 Å². The third kappa shape index (κ3) is 4.05. The maximum absolute atomic E-state index is 12.4. The van der Waals surface area contributed by atoms with Crippen LogP contribution >= 0.6 is 11.8 Å². The number of carboxylic acid groups (broad SMARTS) is 1. The van der Waals surface area contributed by atoms with Crippen LogP contribution in [0.4, 0.5) is 4.79 Å². The standard InChI is InChI=1S/C15H26N2O3S/c1-15(2,21-3)9-16-14(20)17-11-4-5-12(17)7-10(6-11)8-13(18)19/h10-12H,4-9H2,1-3H3,(H,16,20)(H,18,19). The number of amides is 2. The average molecular weight is 314 g/mol. The summed E-state index contributed by atoms with van der Waals surface area (Å²) in [5.41, 5.74) is 0. The highest BCUT2D eigenvalue weighted by Gasteiger charge is 2.43. The summed E-state index contributed by atoms with van der Waals surface area (Å²) in [5.74, 6) is -0.495. The summed E-state index contributed by atoms with van der Waals surface area (Å²) in [6.07, 6.45) is 5.99. The minimum absolute atomic E-state index is 0.0263. The Morgan fingerprint density at radius 3 is 2.33 bits per heavy atom. The van der Waals surface area contributed by atoms with Crippen LogP contribution in [-0.2, 0) is 4.79 Å². The molecule has 2 rings (SSSR count). The van der Waals surface area contributed by atoms with Gasteiger partial charge in [0.2, 0.25) is 0 Å². The highest BCUT2D eigenvalue weighted by molar-refractivity contribution is 7.99. The molecule has 2 fully saturated rings. The number of nitrogens with zero attached hydrogens (tertiary/aromatic N) is 1. The SMILES string of the molecule is CSC(C)(C)CNC(=O)N1C2CCC1CC(CC(=O)O)C2. The van der Waals surface area contributed by atoms with Crippen LogP contribution in [0.1, 0.15) is 46.0 Å². The van der Waals surface area contributed by atoms with E-state index in [9.17, 15) is 9.59 Å². The van der Waals surface area contributed by atoms with Gasteiger partial charge in [0.05, 0.1) is 0 Å². The molecule has 0 saturated carbocycles. The lowest BCUT2D eigenvalue weighted by atomic mass is 9.88. The van der Waals surface area contributed by atoms with E-state index in [4.69, 9.17) is 5.11 Å². The lowest BCUT2D eigenvalue weighted by Crippen LogP contribution is -2.52. The highest BCUT2D eigenvalue weighted by atomic mass is 32.2. The summed E-state index contributed by atoms with van der Waals surface area (Å²) in [5, 5.41) is 12.0. The minimum atomic E-state index is -0.723. The molecule has 2 unspecified atom stereocenters. The summed E-state index contributed by atoms with van der Waals surface area (Å²) in [6, 6.07) is 0.481. The topological polar surface area (TPSA) is 69.6 Å². The van der Waals surface area contributed by atoms with Crippen molar-refractivity contribution in [2.45, 2.75) is 62.8 Å². The van der Waals surface area contributed by atoms with Gasteiger partial charge in [-0.2, -0.15) is 11.8 Å². The maximum Gasteiger partial charge on any atom is 0.317 e. The number of carbonyl (C=O) groups is 2. The van der Waals surface area contributed by atoms with Crippen molar-refractivity contribution in [3.63, 3.8) is 0 Å². The van der Waals surface area contributed by atoms with Gasteiger partial charge in [0.15, 0.2) is 0 Å². The molecule has 0 spiro atoms. The molecule has 2 N–H and O–H groups in total. The summed E-state index contributed by atoms with van der Waals surface area (Å²) in [4.78, 5) is 25.3. The molecular weight excluding hydrogens is 288 g/mol. The van der Waals surface area contributed by atoms with Crippen LogP contribution < -0.4 is 5.32 Å². The molecule has 6 heteroatoms. The van der Waals surface area contributed by atoms with Gasteiger partial charge < -0.3 is 15.3 Å². The van der Waals surface area contributed by atoms with Crippen LogP contribution in [0.3, 0.4) is 0 Å². The third-order valence-corrected chi connectivity index (χ3v) is 6.00. The predicted octanol–water partition coefficient (Wildman–Crippen LogP) is 2.56. The Bertz CT molecular complexity index is 400. The minimum Gasteiger partial charge on any atom is -0.481 e. The molecule has 0 aliphatic carbocycles. The molecule has 2 atom stereocenters. The Hall–Kier alpha value is -0.910. The number of carboxylic acids is 1. The van der Waals surface area contributed by atoms with Gasteiger partial charge in [-0.05, 0) is 51.7 Å². The van der Waals surface area contributed by atoms with Crippen LogP contribution in [-0.4, -0.2) is 51.6 Å². The molecule has 0 aromatic rings. The molecule has 21 heavy (non-hydrogen) atoms. The molecule has 2 aliphatic rings. The van der Waals surface area contributed by atoms with Gasteiger partial charge in [0, 0.05) is 29.8 Å². The van der Waals surface area contributed by atoms with Gasteiger partial charge >= 0.3 is 12.0 Å². The smallest absolute Gasteiger partial charge is 0.317 e. The first kappa shape index (κ1) is 16.5. The molecule has 0 aromatic heterocycles. The Labute approximate surface area is 130 Å². The first-order valence-electron chi connectivity index (χ1n) is 7.65. The van der Waals surface area contributed by atoms with Gasteiger partial charge in [0.25, 0.3) is 0 Å². The summed E-state index contributed by atoms with van der Waals surface area (Å²) in [6.45, 7) is 4.89. The number of hydrogen-bond donors (Lipinski definition) is 2. The molecule has 2 aliphatic heterocycles. The molecular formula is C15H26N2O3S. The molecule has 0 radical (unpaired) electrons. The largest absolute Gasteiger partial charge is 0.481 e. The lowest BCUT2D eigenvalue weighted by molar-refractivity contribution is -0.138. The monoisotopic (exact) mass is 314 g/mol. The molecule has 2 amide bonds. The molecule has 0 aromatic carbocycles. The van der Waals surface area contributed by atoms with E-state index in [0.29, 0.717) is 6.54 Å². The van der Waals surface area contributed by atoms with E-state index < -0.39 is 5.97 Å². The zero-order chi connectivity index (χ0) is 15.6. The van der Waals surface area contributed by atoms with Gasteiger partial charge in [-0.15, -0.1) is 0 Å². The third-order valence-electron chi connectivity index (χ3n) is 4.75.